The second-order valence-corrected chi connectivity index (χ2v) is 1.25. The molecule has 0 bridgehead atoms. The van der Waals surface area contributed by atoms with Gasteiger partial charge in [-0.05, 0) is 0 Å². The number of carboxylic acids is 1. The van der Waals surface area contributed by atoms with Crippen LogP contribution in [0.15, 0.2) is 0 Å². The molecule has 2 N–H and O–H groups in total. The minimum Gasteiger partial charge on any atom is -0.481 e. The van der Waals surface area contributed by atoms with Crippen LogP contribution in [0, 0.1) is 6.92 Å². The molecular weight excluding hydrogens is 119 g/mol. The van der Waals surface area contributed by atoms with Gasteiger partial charge in [0.25, 0.3) is 0 Å². The molecule has 0 spiro atoms. The van der Waals surface area contributed by atoms with Crippen molar-refractivity contribution in [2.75, 3.05) is 0 Å². The molecule has 0 saturated heterocycles. The van der Waals surface area contributed by atoms with Crippen molar-refractivity contribution in [1.29, 1.82) is 0 Å². The Labute approximate surface area is 70.0 Å². The van der Waals surface area contributed by atoms with Crippen molar-refractivity contribution in [3.8, 4) is 0 Å². The molecule has 0 aromatic carbocycles. The van der Waals surface area contributed by atoms with Crippen LogP contribution < -0.4 is 29.6 Å². The molecule has 8 heavy (non-hydrogen) atoms. The van der Waals surface area contributed by atoms with Gasteiger partial charge in [-0.25, -0.2) is 0 Å². The van der Waals surface area contributed by atoms with E-state index in [9.17, 15) is 4.79 Å². The Hall–Kier alpha value is 0.430. The predicted octanol–water partition coefficient (Wildman–Crippen LogP) is -3.34. The first-order chi connectivity index (χ1) is 3.13. The normalized spacial score (nSPS) is 11.8. The molecule has 1 atom stereocenters. The maximum Gasteiger partial charge on any atom is 1.00 e. The number of rotatable bonds is 2. The van der Waals surface area contributed by atoms with Gasteiger partial charge in [-0.3, -0.25) is 4.79 Å². The monoisotopic (exact) mass is 126 g/mol. The van der Waals surface area contributed by atoms with E-state index in [1.807, 2.05) is 0 Å². The van der Waals surface area contributed by atoms with Crippen LogP contribution in [0.4, 0.5) is 0 Å². The summed E-state index contributed by atoms with van der Waals surface area (Å²) in [6.45, 7) is 3.05. The number of aliphatic hydroxyl groups is 1. The number of aliphatic carboxylic acids is 1. The molecule has 0 saturated carbocycles. The summed E-state index contributed by atoms with van der Waals surface area (Å²) in [4.78, 5) is 9.61. The van der Waals surface area contributed by atoms with E-state index < -0.39 is 12.1 Å². The van der Waals surface area contributed by atoms with E-state index in [1.54, 1.807) is 0 Å². The molecule has 0 heterocycles. The Bertz CT molecular complexity index is 71.7. The van der Waals surface area contributed by atoms with Crippen LogP contribution >= 0.6 is 0 Å². The van der Waals surface area contributed by atoms with Crippen molar-refractivity contribution < 1.29 is 44.6 Å². The standard InChI is InChI=1S/C4H7O3.Na/c1-3(5)2-4(6)7;/h3,5H,1-2H2,(H,6,7);/q-1;+1. The summed E-state index contributed by atoms with van der Waals surface area (Å²) in [5.41, 5.74) is 0. The van der Waals surface area contributed by atoms with Gasteiger partial charge in [0.1, 0.15) is 0 Å². The average Bonchev–Trinajstić information content (AvgIpc) is 1.27. The topological polar surface area (TPSA) is 57.5 Å². The fraction of sp³-hybridized carbons (Fsp3) is 0.500. The van der Waals surface area contributed by atoms with Crippen molar-refractivity contribution >= 4 is 5.97 Å². The summed E-state index contributed by atoms with van der Waals surface area (Å²) in [5, 5.41) is 16.1. The Morgan fingerprint density at radius 1 is 1.75 bits per heavy atom. The molecule has 0 aliphatic rings. The molecule has 0 aliphatic carbocycles. The van der Waals surface area contributed by atoms with Gasteiger partial charge in [0.2, 0.25) is 0 Å². The van der Waals surface area contributed by atoms with Crippen molar-refractivity contribution in [1.82, 2.24) is 0 Å². The second kappa shape index (κ2) is 5.56. The molecule has 0 fully saturated rings. The van der Waals surface area contributed by atoms with Crippen LogP contribution in [0.25, 0.3) is 0 Å². The molecule has 3 nitrogen and oxygen atoms in total. The molecule has 0 aromatic heterocycles. The number of carboxylic acid groups (broad SMARTS) is 1. The van der Waals surface area contributed by atoms with Gasteiger partial charge in [-0.2, -0.15) is 0 Å². The molecule has 0 rings (SSSR count). The third kappa shape index (κ3) is 9.66. The summed E-state index contributed by atoms with van der Waals surface area (Å²) in [6, 6.07) is 0. The zero-order valence-corrected chi connectivity index (χ0v) is 6.79. The van der Waals surface area contributed by atoms with E-state index in [2.05, 4.69) is 6.92 Å². The van der Waals surface area contributed by atoms with E-state index in [1.165, 1.54) is 0 Å². The van der Waals surface area contributed by atoms with Crippen molar-refractivity contribution in [3.63, 3.8) is 0 Å². The van der Waals surface area contributed by atoms with Gasteiger partial charge >= 0.3 is 35.5 Å². The number of hydrogen-bond acceptors (Lipinski definition) is 2. The maximum absolute atomic E-state index is 9.61. The molecule has 0 aliphatic heterocycles. The fourth-order valence-electron chi connectivity index (χ4n) is 0.202. The molecule has 4 heteroatoms. The maximum atomic E-state index is 9.61. The molecule has 1 unspecified atom stereocenters. The second-order valence-electron chi connectivity index (χ2n) is 1.25. The Morgan fingerprint density at radius 2 is 2.12 bits per heavy atom. The first-order valence-corrected chi connectivity index (χ1v) is 1.86. The van der Waals surface area contributed by atoms with Crippen LogP contribution in [-0.4, -0.2) is 22.3 Å². The smallest absolute Gasteiger partial charge is 0.481 e. The third-order valence-corrected chi connectivity index (χ3v) is 0.410. The molecule has 42 valence electrons. The number of carbonyl (C=O) groups is 1. The minimum absolute atomic E-state index is 0. The van der Waals surface area contributed by atoms with Crippen LogP contribution in [0.5, 0.6) is 0 Å². The van der Waals surface area contributed by atoms with Crippen molar-refractivity contribution in [2.45, 2.75) is 12.5 Å². The SMILES string of the molecule is [CH2-]C(O)CC(=O)O.[Na+]. The third-order valence-electron chi connectivity index (χ3n) is 0.410. The summed E-state index contributed by atoms with van der Waals surface area (Å²) in [6.07, 6.45) is -1.25. The van der Waals surface area contributed by atoms with E-state index in [4.69, 9.17) is 10.2 Å². The average molecular weight is 126 g/mol. The minimum atomic E-state index is -1.03. The van der Waals surface area contributed by atoms with Gasteiger partial charge in [-0.15, -0.1) is 0 Å². The van der Waals surface area contributed by atoms with Crippen LogP contribution in [0.1, 0.15) is 6.42 Å². The zero-order valence-electron chi connectivity index (χ0n) is 4.79. The van der Waals surface area contributed by atoms with E-state index >= 15 is 0 Å². The fourth-order valence-corrected chi connectivity index (χ4v) is 0.202. The van der Waals surface area contributed by atoms with Gasteiger partial charge in [-0.1, -0.05) is 6.10 Å². The van der Waals surface area contributed by atoms with Gasteiger partial charge in [0, 0.05) is 6.42 Å². The quantitative estimate of drug-likeness (QED) is 0.300. The predicted molar refractivity (Wildman–Crippen MR) is 23.6 cm³/mol. The first-order valence-electron chi connectivity index (χ1n) is 1.86. The summed E-state index contributed by atoms with van der Waals surface area (Å²) in [5.74, 6) is -1.03. The van der Waals surface area contributed by atoms with E-state index in [-0.39, 0.29) is 36.0 Å². The van der Waals surface area contributed by atoms with Gasteiger partial charge in [0.15, 0.2) is 0 Å². The summed E-state index contributed by atoms with van der Waals surface area (Å²) in [7, 11) is 0. The van der Waals surface area contributed by atoms with Crippen LogP contribution in [-0.2, 0) is 4.79 Å². The van der Waals surface area contributed by atoms with E-state index in [0.29, 0.717) is 0 Å². The van der Waals surface area contributed by atoms with Crippen LogP contribution in [0.2, 0.25) is 0 Å². The van der Waals surface area contributed by atoms with E-state index in [0.717, 1.165) is 0 Å². The van der Waals surface area contributed by atoms with Crippen molar-refractivity contribution in [2.24, 2.45) is 0 Å². The number of aliphatic hydroxyl groups excluding tert-OH is 1. The molecule has 0 amide bonds. The molecule has 0 aromatic rings. The molecular formula is C4H7NaO3. The Balaban J connectivity index is 0. The molecule has 0 radical (unpaired) electrons. The first kappa shape index (κ1) is 11.3. The zero-order chi connectivity index (χ0) is 5.86. The Kier molecular flexibility index (Phi) is 7.83. The van der Waals surface area contributed by atoms with Gasteiger partial charge < -0.3 is 17.1 Å². The Morgan fingerprint density at radius 3 is 2.12 bits per heavy atom. The summed E-state index contributed by atoms with van der Waals surface area (Å²) >= 11 is 0. The van der Waals surface area contributed by atoms with Gasteiger partial charge in [0.05, 0.1) is 0 Å². The van der Waals surface area contributed by atoms with Crippen LogP contribution in [0.3, 0.4) is 0 Å². The largest absolute Gasteiger partial charge is 1.00 e. The van der Waals surface area contributed by atoms with Crippen molar-refractivity contribution in [3.05, 3.63) is 6.92 Å². The summed E-state index contributed by atoms with van der Waals surface area (Å²) < 4.78 is 0. The number of hydrogen-bond donors (Lipinski definition) is 2.